The first kappa shape index (κ1) is 23.8. The average molecular weight is 429 g/mol. The van der Waals surface area contributed by atoms with E-state index in [1.807, 2.05) is 12.1 Å². The Morgan fingerprint density at radius 1 is 0.742 bits per heavy atom. The van der Waals surface area contributed by atoms with Crippen LogP contribution in [-0.4, -0.2) is 6.61 Å². The Bertz CT molecular complexity index is 778. The lowest BCUT2D eigenvalue weighted by molar-refractivity contribution is 0.285. The molecule has 2 aromatic rings. The molecule has 0 atom stereocenters. The fourth-order valence-corrected chi connectivity index (χ4v) is 4.66. The Morgan fingerprint density at radius 3 is 2.06 bits per heavy atom. The van der Waals surface area contributed by atoms with E-state index < -0.39 is 11.6 Å². The number of hydrogen-bond acceptors (Lipinski definition) is 1. The Kier molecular flexibility index (Phi) is 9.84. The quantitative estimate of drug-likeness (QED) is 0.306. The normalized spacial score (nSPS) is 14.7. The highest BCUT2D eigenvalue weighted by atomic mass is 19.2. The number of unbranched alkanes of at least 4 members (excludes halogenated alkanes) is 7. The zero-order valence-corrected chi connectivity index (χ0v) is 19.1. The first-order valence-corrected chi connectivity index (χ1v) is 12.4. The van der Waals surface area contributed by atoms with Gasteiger partial charge in [-0.25, -0.2) is 4.39 Å². The zero-order chi connectivity index (χ0) is 21.9. The summed E-state index contributed by atoms with van der Waals surface area (Å²) in [6, 6.07) is 11.2. The largest absolute Gasteiger partial charge is 0.490 e. The Morgan fingerprint density at radius 2 is 1.39 bits per heavy atom. The molecule has 0 aliphatic heterocycles. The fraction of sp³-hybridized carbons (Fsp3) is 0.571. The van der Waals surface area contributed by atoms with E-state index in [1.54, 1.807) is 12.1 Å². The summed E-state index contributed by atoms with van der Waals surface area (Å²) < 4.78 is 34.8. The molecule has 0 N–H and O–H groups in total. The minimum absolute atomic E-state index is 0.0167. The predicted molar refractivity (Wildman–Crippen MR) is 126 cm³/mol. The van der Waals surface area contributed by atoms with Crippen LogP contribution in [0.15, 0.2) is 36.4 Å². The summed E-state index contributed by atoms with van der Waals surface area (Å²) in [4.78, 5) is 0. The minimum atomic E-state index is -0.881. The summed E-state index contributed by atoms with van der Waals surface area (Å²) >= 11 is 0. The van der Waals surface area contributed by atoms with E-state index in [9.17, 15) is 8.78 Å². The zero-order valence-electron chi connectivity index (χ0n) is 19.1. The third-order valence-electron chi connectivity index (χ3n) is 6.60. The highest BCUT2D eigenvalue weighted by Crippen LogP contribution is 2.35. The van der Waals surface area contributed by atoms with Gasteiger partial charge in [-0.2, -0.15) is 4.39 Å². The SMILES string of the molecule is CCCCCCCCCCOc1ccc(-c2ccc(C3CCCCC3)cc2)c(F)c1F. The van der Waals surface area contributed by atoms with E-state index in [-0.39, 0.29) is 5.75 Å². The monoisotopic (exact) mass is 428 g/mol. The van der Waals surface area contributed by atoms with Gasteiger partial charge in [0.05, 0.1) is 6.61 Å². The lowest BCUT2D eigenvalue weighted by Gasteiger charge is -2.22. The summed E-state index contributed by atoms with van der Waals surface area (Å²) in [5.74, 6) is -1.08. The third kappa shape index (κ3) is 7.05. The maximum atomic E-state index is 14.7. The average Bonchev–Trinajstić information content (AvgIpc) is 2.81. The fourth-order valence-electron chi connectivity index (χ4n) is 4.66. The molecule has 0 heterocycles. The standard InChI is InChI=1S/C28H38F2O/c1-2-3-4-5-6-7-8-12-21-31-26-20-19-25(27(29)28(26)30)24-17-15-23(16-18-24)22-13-10-9-11-14-22/h15-20,22H,2-14,21H2,1H3. The number of rotatable bonds is 12. The van der Waals surface area contributed by atoms with Gasteiger partial charge in [0.2, 0.25) is 5.82 Å². The van der Waals surface area contributed by atoms with Crippen LogP contribution in [0.5, 0.6) is 5.75 Å². The predicted octanol–water partition coefficient (Wildman–Crippen LogP) is 9.20. The molecule has 1 aliphatic rings. The second-order valence-electron chi connectivity index (χ2n) is 9.02. The highest BCUT2D eigenvalue weighted by molar-refractivity contribution is 5.65. The molecule has 1 fully saturated rings. The van der Waals surface area contributed by atoms with Crippen LogP contribution < -0.4 is 4.74 Å². The van der Waals surface area contributed by atoms with Gasteiger partial charge in [-0.1, -0.05) is 95.4 Å². The molecule has 0 spiro atoms. The molecule has 0 radical (unpaired) electrons. The van der Waals surface area contributed by atoms with Crippen molar-refractivity contribution in [3.63, 3.8) is 0 Å². The summed E-state index contributed by atoms with van der Waals surface area (Å²) in [5.41, 5.74) is 2.33. The number of benzene rings is 2. The maximum absolute atomic E-state index is 14.7. The second-order valence-corrected chi connectivity index (χ2v) is 9.02. The molecule has 3 heteroatoms. The van der Waals surface area contributed by atoms with Crippen LogP contribution in [0.2, 0.25) is 0 Å². The summed E-state index contributed by atoms with van der Waals surface area (Å²) in [6.07, 6.45) is 15.9. The summed E-state index contributed by atoms with van der Waals surface area (Å²) in [7, 11) is 0. The first-order chi connectivity index (χ1) is 15.2. The van der Waals surface area contributed by atoms with E-state index in [2.05, 4.69) is 19.1 Å². The Balaban J connectivity index is 1.49. The highest BCUT2D eigenvalue weighted by Gasteiger charge is 2.18. The molecule has 0 amide bonds. The molecule has 0 unspecified atom stereocenters. The lowest BCUT2D eigenvalue weighted by atomic mass is 9.83. The van der Waals surface area contributed by atoms with Crippen LogP contribution in [0.3, 0.4) is 0 Å². The minimum Gasteiger partial charge on any atom is -0.490 e. The number of halogens is 2. The molecular formula is C28H38F2O. The van der Waals surface area contributed by atoms with E-state index >= 15 is 0 Å². The van der Waals surface area contributed by atoms with Crippen LogP contribution in [0.25, 0.3) is 11.1 Å². The molecular weight excluding hydrogens is 390 g/mol. The third-order valence-corrected chi connectivity index (χ3v) is 6.60. The van der Waals surface area contributed by atoms with E-state index in [1.165, 1.54) is 76.2 Å². The Hall–Kier alpha value is -1.90. The van der Waals surface area contributed by atoms with Crippen molar-refractivity contribution in [1.82, 2.24) is 0 Å². The van der Waals surface area contributed by atoms with Crippen molar-refractivity contribution in [2.75, 3.05) is 6.61 Å². The van der Waals surface area contributed by atoms with Gasteiger partial charge in [0.15, 0.2) is 11.6 Å². The molecule has 170 valence electrons. The molecule has 0 aromatic heterocycles. The van der Waals surface area contributed by atoms with Gasteiger partial charge in [-0.3, -0.25) is 0 Å². The van der Waals surface area contributed by atoms with Crippen LogP contribution in [-0.2, 0) is 0 Å². The molecule has 2 aromatic carbocycles. The van der Waals surface area contributed by atoms with Crippen molar-refractivity contribution >= 4 is 0 Å². The number of hydrogen-bond donors (Lipinski definition) is 0. The van der Waals surface area contributed by atoms with Crippen LogP contribution in [0, 0.1) is 11.6 Å². The van der Waals surface area contributed by atoms with Crippen molar-refractivity contribution in [2.24, 2.45) is 0 Å². The molecule has 1 nitrogen and oxygen atoms in total. The van der Waals surface area contributed by atoms with Gasteiger partial charge in [-0.15, -0.1) is 0 Å². The second kappa shape index (κ2) is 12.8. The van der Waals surface area contributed by atoms with Crippen LogP contribution in [0.4, 0.5) is 8.78 Å². The van der Waals surface area contributed by atoms with Crippen molar-refractivity contribution in [3.05, 3.63) is 53.6 Å². The molecule has 1 saturated carbocycles. The van der Waals surface area contributed by atoms with Gasteiger partial charge in [-0.05, 0) is 48.4 Å². The van der Waals surface area contributed by atoms with Gasteiger partial charge in [0.1, 0.15) is 0 Å². The summed E-state index contributed by atoms with van der Waals surface area (Å²) in [6.45, 7) is 2.65. The van der Waals surface area contributed by atoms with Crippen molar-refractivity contribution in [1.29, 1.82) is 0 Å². The van der Waals surface area contributed by atoms with Crippen LogP contribution >= 0.6 is 0 Å². The molecule has 1 aliphatic carbocycles. The first-order valence-electron chi connectivity index (χ1n) is 12.4. The van der Waals surface area contributed by atoms with Crippen LogP contribution in [0.1, 0.15) is 102 Å². The van der Waals surface area contributed by atoms with E-state index in [4.69, 9.17) is 4.74 Å². The van der Waals surface area contributed by atoms with Gasteiger partial charge in [0, 0.05) is 5.56 Å². The number of ether oxygens (including phenoxy) is 1. The smallest absolute Gasteiger partial charge is 0.201 e. The molecule has 3 rings (SSSR count). The van der Waals surface area contributed by atoms with Crippen molar-refractivity contribution < 1.29 is 13.5 Å². The van der Waals surface area contributed by atoms with E-state index in [0.29, 0.717) is 23.7 Å². The van der Waals surface area contributed by atoms with E-state index in [0.717, 1.165) is 12.8 Å². The lowest BCUT2D eigenvalue weighted by Crippen LogP contribution is -2.04. The molecule has 0 bridgehead atoms. The van der Waals surface area contributed by atoms with Gasteiger partial charge < -0.3 is 4.74 Å². The summed E-state index contributed by atoms with van der Waals surface area (Å²) in [5, 5.41) is 0. The Labute approximate surface area is 187 Å². The van der Waals surface area contributed by atoms with Crippen molar-refractivity contribution in [3.8, 4) is 16.9 Å². The molecule has 0 saturated heterocycles. The van der Waals surface area contributed by atoms with Gasteiger partial charge in [0.25, 0.3) is 0 Å². The van der Waals surface area contributed by atoms with Crippen molar-refractivity contribution in [2.45, 2.75) is 96.3 Å². The molecule has 31 heavy (non-hydrogen) atoms. The van der Waals surface area contributed by atoms with Gasteiger partial charge >= 0.3 is 0 Å². The topological polar surface area (TPSA) is 9.23 Å². The maximum Gasteiger partial charge on any atom is 0.201 e.